The quantitative estimate of drug-likeness (QED) is 0.726. The number of alkyl carbamates (subject to hydrolysis) is 1. The van der Waals surface area contributed by atoms with Gasteiger partial charge in [-0.1, -0.05) is 30.7 Å². The molecule has 3 atom stereocenters. The molecule has 0 heterocycles. The van der Waals surface area contributed by atoms with Crippen LogP contribution in [0.25, 0.3) is 0 Å². The number of halogens is 1. The highest BCUT2D eigenvalue weighted by molar-refractivity contribution is 7.92. The minimum absolute atomic E-state index is 0.194. The second-order valence-corrected chi connectivity index (χ2v) is 11.1. The van der Waals surface area contributed by atoms with Gasteiger partial charge in [-0.05, 0) is 69.7 Å². The average molecular weight is 436 g/mol. The standard InChI is InChI=1S/C23H30FNO4S/c1-15-18-12-8-9-16(14-25-22(26)29-23(2,3)4)21(18)19(24)13-20(15)30(27,28)17-10-6-5-7-11-17/h5-7,10-11,13,15-16,20H,8-9,12,14H2,1-4H3,(H,25,26)/t15?,16-,20?/m0/s1. The number of hydrogen-bond acceptors (Lipinski definition) is 4. The van der Waals surface area contributed by atoms with Crippen molar-refractivity contribution in [1.29, 1.82) is 0 Å². The molecule has 0 aromatic heterocycles. The first-order valence-electron chi connectivity index (χ1n) is 10.4. The minimum Gasteiger partial charge on any atom is -0.444 e. The van der Waals surface area contributed by atoms with E-state index in [1.54, 1.807) is 51.1 Å². The molecular weight excluding hydrogens is 405 g/mol. The molecule has 0 bridgehead atoms. The number of ether oxygens (including phenoxy) is 1. The molecule has 1 aromatic carbocycles. The molecule has 1 N–H and O–H groups in total. The van der Waals surface area contributed by atoms with Crippen molar-refractivity contribution in [3.63, 3.8) is 0 Å². The Kier molecular flexibility index (Phi) is 6.41. The highest BCUT2D eigenvalue weighted by Gasteiger charge is 2.41. The number of allylic oxidation sites excluding steroid dienone is 2. The largest absolute Gasteiger partial charge is 0.444 e. The molecule has 7 heteroatoms. The first-order chi connectivity index (χ1) is 14.0. The van der Waals surface area contributed by atoms with Gasteiger partial charge in [0.25, 0.3) is 0 Å². The number of benzene rings is 1. The molecule has 0 radical (unpaired) electrons. The maximum atomic E-state index is 15.2. The Morgan fingerprint density at radius 1 is 1.23 bits per heavy atom. The van der Waals surface area contributed by atoms with Gasteiger partial charge >= 0.3 is 6.09 Å². The molecule has 30 heavy (non-hydrogen) atoms. The van der Waals surface area contributed by atoms with Crippen molar-refractivity contribution in [2.24, 2.45) is 11.8 Å². The summed E-state index contributed by atoms with van der Waals surface area (Å²) in [5, 5.41) is 1.80. The fourth-order valence-electron chi connectivity index (χ4n) is 4.33. The summed E-state index contributed by atoms with van der Waals surface area (Å²) in [4.78, 5) is 12.2. The summed E-state index contributed by atoms with van der Waals surface area (Å²) in [6.07, 6.45) is 2.94. The second kappa shape index (κ2) is 8.53. The van der Waals surface area contributed by atoms with E-state index in [1.807, 2.05) is 6.92 Å². The Morgan fingerprint density at radius 2 is 1.90 bits per heavy atom. The fourth-order valence-corrected chi connectivity index (χ4v) is 6.18. The van der Waals surface area contributed by atoms with Crippen LogP contribution in [0.3, 0.4) is 0 Å². The summed E-state index contributed by atoms with van der Waals surface area (Å²) in [6, 6.07) is 8.19. The molecule has 2 aliphatic carbocycles. The van der Waals surface area contributed by atoms with Crippen LogP contribution in [0, 0.1) is 11.8 Å². The van der Waals surface area contributed by atoms with Crippen LogP contribution < -0.4 is 5.32 Å². The van der Waals surface area contributed by atoms with Gasteiger partial charge in [0, 0.05) is 12.5 Å². The minimum atomic E-state index is -3.70. The van der Waals surface area contributed by atoms with E-state index < -0.39 is 32.6 Å². The summed E-state index contributed by atoms with van der Waals surface area (Å²) >= 11 is 0. The van der Waals surface area contributed by atoms with Gasteiger partial charge < -0.3 is 10.1 Å². The molecule has 3 rings (SSSR count). The monoisotopic (exact) mass is 435 g/mol. The van der Waals surface area contributed by atoms with E-state index in [-0.39, 0.29) is 23.3 Å². The van der Waals surface area contributed by atoms with Gasteiger partial charge in [0.15, 0.2) is 9.84 Å². The zero-order valence-electron chi connectivity index (χ0n) is 17.9. The molecule has 0 spiro atoms. The first kappa shape index (κ1) is 22.5. The maximum absolute atomic E-state index is 15.2. The van der Waals surface area contributed by atoms with Gasteiger partial charge in [-0.2, -0.15) is 0 Å². The average Bonchev–Trinajstić information content (AvgIpc) is 2.68. The summed E-state index contributed by atoms with van der Waals surface area (Å²) in [7, 11) is -3.70. The van der Waals surface area contributed by atoms with Crippen molar-refractivity contribution in [3.8, 4) is 0 Å². The molecule has 0 fully saturated rings. The molecule has 0 saturated carbocycles. The van der Waals surface area contributed by atoms with Crippen molar-refractivity contribution < 1.29 is 22.3 Å². The number of sulfone groups is 1. The lowest BCUT2D eigenvalue weighted by molar-refractivity contribution is 0.0520. The van der Waals surface area contributed by atoms with E-state index in [1.165, 1.54) is 6.08 Å². The van der Waals surface area contributed by atoms with Crippen LogP contribution in [0.4, 0.5) is 9.18 Å². The van der Waals surface area contributed by atoms with Gasteiger partial charge in [0.05, 0.1) is 10.1 Å². The molecule has 1 aromatic rings. The third-order valence-electron chi connectivity index (χ3n) is 5.68. The predicted molar refractivity (Wildman–Crippen MR) is 114 cm³/mol. The van der Waals surface area contributed by atoms with Crippen molar-refractivity contribution in [1.82, 2.24) is 5.32 Å². The first-order valence-corrected chi connectivity index (χ1v) is 11.9. The van der Waals surface area contributed by atoms with Gasteiger partial charge in [-0.25, -0.2) is 17.6 Å². The molecular formula is C23H30FNO4S. The van der Waals surface area contributed by atoms with E-state index in [0.717, 1.165) is 18.4 Å². The van der Waals surface area contributed by atoms with Crippen LogP contribution in [0.1, 0.15) is 47.0 Å². The SMILES string of the molecule is CC1C2=C(C(F)=CC1S(=O)(=O)c1ccccc1)[C@H](CNC(=O)OC(C)(C)C)CCC2. The molecule has 0 aliphatic heterocycles. The Hall–Kier alpha value is -2.15. The van der Waals surface area contributed by atoms with E-state index in [4.69, 9.17) is 4.74 Å². The number of amides is 1. The molecule has 0 saturated heterocycles. The lowest BCUT2D eigenvalue weighted by Crippen LogP contribution is -2.38. The van der Waals surface area contributed by atoms with Gasteiger partial charge in [0.1, 0.15) is 11.4 Å². The van der Waals surface area contributed by atoms with Crippen LogP contribution in [-0.2, 0) is 14.6 Å². The van der Waals surface area contributed by atoms with Gasteiger partial charge in [-0.15, -0.1) is 0 Å². The fraction of sp³-hybridized carbons (Fsp3) is 0.522. The Bertz CT molecular complexity index is 961. The van der Waals surface area contributed by atoms with Crippen LogP contribution in [0.5, 0.6) is 0 Å². The zero-order chi connectivity index (χ0) is 22.1. The third-order valence-corrected chi connectivity index (χ3v) is 7.88. The number of nitrogens with one attached hydrogen (secondary N) is 1. The molecule has 1 amide bonds. The molecule has 2 unspecified atom stereocenters. The Balaban J connectivity index is 1.82. The topological polar surface area (TPSA) is 72.5 Å². The van der Waals surface area contributed by atoms with Crippen LogP contribution in [-0.4, -0.2) is 31.9 Å². The van der Waals surface area contributed by atoms with Gasteiger partial charge in [-0.3, -0.25) is 0 Å². The summed E-state index contributed by atoms with van der Waals surface area (Å²) in [5.41, 5.74) is 0.802. The number of carbonyl (C=O) groups excluding carboxylic acids is 1. The zero-order valence-corrected chi connectivity index (χ0v) is 18.8. The number of hydrogen-bond donors (Lipinski definition) is 1. The van der Waals surface area contributed by atoms with Crippen LogP contribution in [0.15, 0.2) is 58.3 Å². The van der Waals surface area contributed by atoms with Crippen molar-refractivity contribution in [3.05, 3.63) is 53.4 Å². The number of carbonyl (C=O) groups is 1. The Morgan fingerprint density at radius 3 is 2.53 bits per heavy atom. The lowest BCUT2D eigenvalue weighted by Gasteiger charge is -2.36. The van der Waals surface area contributed by atoms with Crippen molar-refractivity contribution in [2.45, 2.75) is 62.7 Å². The van der Waals surface area contributed by atoms with E-state index in [0.29, 0.717) is 12.0 Å². The normalized spacial score (nSPS) is 24.7. The van der Waals surface area contributed by atoms with E-state index in [2.05, 4.69) is 5.32 Å². The van der Waals surface area contributed by atoms with Gasteiger partial charge in [0.2, 0.25) is 0 Å². The highest BCUT2D eigenvalue weighted by Crippen LogP contribution is 2.45. The summed E-state index contributed by atoms with van der Waals surface area (Å²) in [6.45, 7) is 7.47. The summed E-state index contributed by atoms with van der Waals surface area (Å²) < 4.78 is 46.8. The predicted octanol–water partition coefficient (Wildman–Crippen LogP) is 4.95. The maximum Gasteiger partial charge on any atom is 0.407 e. The summed E-state index contributed by atoms with van der Waals surface area (Å²) in [5.74, 6) is -1.00. The van der Waals surface area contributed by atoms with E-state index >= 15 is 4.39 Å². The van der Waals surface area contributed by atoms with Crippen molar-refractivity contribution >= 4 is 15.9 Å². The van der Waals surface area contributed by atoms with Crippen LogP contribution >= 0.6 is 0 Å². The smallest absolute Gasteiger partial charge is 0.407 e. The van der Waals surface area contributed by atoms with E-state index in [9.17, 15) is 13.2 Å². The molecule has 164 valence electrons. The van der Waals surface area contributed by atoms with Crippen LogP contribution in [0.2, 0.25) is 0 Å². The Labute approximate surface area is 178 Å². The highest BCUT2D eigenvalue weighted by atomic mass is 32.2. The lowest BCUT2D eigenvalue weighted by atomic mass is 9.74. The molecule has 2 aliphatic rings. The number of rotatable bonds is 4. The second-order valence-electron chi connectivity index (χ2n) is 9.04. The molecule has 5 nitrogen and oxygen atoms in total. The third kappa shape index (κ3) is 4.77. The van der Waals surface area contributed by atoms with Crippen molar-refractivity contribution in [2.75, 3.05) is 6.54 Å².